The lowest BCUT2D eigenvalue weighted by Crippen LogP contribution is -2.12. The lowest BCUT2D eigenvalue weighted by Gasteiger charge is -2.11. The molecule has 0 aliphatic heterocycles. The first-order valence-corrected chi connectivity index (χ1v) is 4.67. The molecule has 76 valence electrons. The maximum Gasteiger partial charge on any atom is 0.141 e. The van der Waals surface area contributed by atoms with Crippen LogP contribution in [0.2, 0.25) is 0 Å². The van der Waals surface area contributed by atoms with Crippen molar-refractivity contribution in [3.8, 4) is 0 Å². The van der Waals surface area contributed by atoms with Crippen LogP contribution in [0.5, 0.6) is 0 Å². The molecule has 2 nitrogen and oxygen atoms in total. The van der Waals surface area contributed by atoms with E-state index in [0.29, 0.717) is 12.1 Å². The maximum absolute atomic E-state index is 12.6. The minimum atomic E-state index is -0.338. The second-order valence-electron chi connectivity index (χ2n) is 3.32. The summed E-state index contributed by atoms with van der Waals surface area (Å²) in [5.74, 6) is -0.338. The molecule has 0 radical (unpaired) electrons. The summed E-state index contributed by atoms with van der Waals surface area (Å²) >= 11 is 0. The van der Waals surface area contributed by atoms with E-state index in [1.54, 1.807) is 6.07 Å². The first-order valence-electron chi connectivity index (χ1n) is 4.67. The van der Waals surface area contributed by atoms with Crippen molar-refractivity contribution in [2.24, 2.45) is 5.73 Å². The quantitative estimate of drug-likeness (QED) is 0.748. The van der Waals surface area contributed by atoms with Crippen molar-refractivity contribution in [2.45, 2.75) is 25.8 Å². The second kappa shape index (κ2) is 4.86. The number of aromatic nitrogens is 1. The number of hydrogen-bond acceptors (Lipinski definition) is 2. The van der Waals surface area contributed by atoms with E-state index in [4.69, 9.17) is 5.73 Å². The molecule has 1 rings (SSSR count). The van der Waals surface area contributed by atoms with Crippen LogP contribution in [-0.4, -0.2) is 4.98 Å². The van der Waals surface area contributed by atoms with Crippen molar-refractivity contribution in [3.05, 3.63) is 42.0 Å². The predicted octanol–water partition coefficient (Wildman–Crippen LogP) is 2.58. The molecule has 2 N–H and O–H groups in total. The van der Waals surface area contributed by atoms with E-state index in [2.05, 4.69) is 11.6 Å². The number of pyridine rings is 1. The van der Waals surface area contributed by atoms with Gasteiger partial charge in [0.25, 0.3) is 0 Å². The number of hydrogen-bond donors (Lipinski definition) is 1. The summed E-state index contributed by atoms with van der Waals surface area (Å²) in [6, 6.07) is 2.81. The first kappa shape index (κ1) is 10.9. The summed E-state index contributed by atoms with van der Waals surface area (Å²) in [5, 5.41) is 0. The van der Waals surface area contributed by atoms with Gasteiger partial charge in [0.15, 0.2) is 0 Å². The van der Waals surface area contributed by atoms with E-state index in [1.165, 1.54) is 12.3 Å². The van der Waals surface area contributed by atoms with Crippen molar-refractivity contribution in [1.29, 1.82) is 0 Å². The third-order valence-corrected chi connectivity index (χ3v) is 2.14. The fourth-order valence-corrected chi connectivity index (χ4v) is 1.17. The second-order valence-corrected chi connectivity index (χ2v) is 3.32. The average molecular weight is 194 g/mol. The Kier molecular flexibility index (Phi) is 3.77. The van der Waals surface area contributed by atoms with Crippen molar-refractivity contribution in [3.63, 3.8) is 0 Å². The van der Waals surface area contributed by atoms with Crippen LogP contribution in [0.25, 0.3) is 0 Å². The standard InChI is InChI=1S/C11H15FN2/c1-3-8(2)6-10(13)11-5-4-9(12)7-14-11/h4-5,7,10H,2-3,6,13H2,1H3. The molecule has 0 spiro atoms. The Hall–Kier alpha value is -1.22. The maximum atomic E-state index is 12.6. The minimum Gasteiger partial charge on any atom is -0.322 e. The Morgan fingerprint density at radius 1 is 1.64 bits per heavy atom. The lowest BCUT2D eigenvalue weighted by atomic mass is 10.0. The molecule has 0 saturated carbocycles. The third kappa shape index (κ3) is 2.92. The minimum absolute atomic E-state index is 0.178. The van der Waals surface area contributed by atoms with E-state index in [1.807, 2.05) is 6.92 Å². The molecule has 1 heterocycles. The largest absolute Gasteiger partial charge is 0.322 e. The number of halogens is 1. The van der Waals surface area contributed by atoms with Gasteiger partial charge in [0.2, 0.25) is 0 Å². The highest BCUT2D eigenvalue weighted by Crippen LogP contribution is 2.17. The van der Waals surface area contributed by atoms with Crippen molar-refractivity contribution in [2.75, 3.05) is 0 Å². The fourth-order valence-electron chi connectivity index (χ4n) is 1.17. The molecule has 1 aromatic heterocycles. The summed E-state index contributed by atoms with van der Waals surface area (Å²) in [4.78, 5) is 3.92. The van der Waals surface area contributed by atoms with E-state index in [9.17, 15) is 4.39 Å². The molecule has 0 bridgehead atoms. The smallest absolute Gasteiger partial charge is 0.141 e. The summed E-state index contributed by atoms with van der Waals surface area (Å²) < 4.78 is 12.6. The van der Waals surface area contributed by atoms with Crippen molar-refractivity contribution < 1.29 is 4.39 Å². The molecule has 0 fully saturated rings. The molecule has 3 heteroatoms. The molecule has 1 aromatic rings. The highest BCUT2D eigenvalue weighted by atomic mass is 19.1. The molecule has 0 amide bonds. The highest BCUT2D eigenvalue weighted by Gasteiger charge is 2.08. The van der Waals surface area contributed by atoms with Gasteiger partial charge >= 0.3 is 0 Å². The Morgan fingerprint density at radius 2 is 2.36 bits per heavy atom. The van der Waals surface area contributed by atoms with E-state index < -0.39 is 0 Å². The van der Waals surface area contributed by atoms with Gasteiger partial charge in [-0.2, -0.15) is 0 Å². The fraction of sp³-hybridized carbons (Fsp3) is 0.364. The van der Waals surface area contributed by atoms with Gasteiger partial charge in [-0.3, -0.25) is 4.98 Å². The van der Waals surface area contributed by atoms with E-state index in [0.717, 1.165) is 12.0 Å². The molecule has 1 atom stereocenters. The van der Waals surface area contributed by atoms with Gasteiger partial charge in [0, 0.05) is 0 Å². The molecule has 1 unspecified atom stereocenters. The topological polar surface area (TPSA) is 38.9 Å². The van der Waals surface area contributed by atoms with Crippen LogP contribution in [0.3, 0.4) is 0 Å². The van der Waals surface area contributed by atoms with Crippen LogP contribution in [0, 0.1) is 5.82 Å². The molecule has 0 aromatic carbocycles. The van der Waals surface area contributed by atoms with Crippen LogP contribution in [0.4, 0.5) is 4.39 Å². The summed E-state index contributed by atoms with van der Waals surface area (Å²) in [7, 11) is 0. The molecule has 0 aliphatic carbocycles. The van der Waals surface area contributed by atoms with Gasteiger partial charge in [-0.15, -0.1) is 0 Å². The Bertz CT molecular complexity index is 306. The zero-order chi connectivity index (χ0) is 10.6. The highest BCUT2D eigenvalue weighted by molar-refractivity contribution is 5.12. The summed E-state index contributed by atoms with van der Waals surface area (Å²) in [6.45, 7) is 5.91. The molecular formula is C11H15FN2. The number of nitrogens with two attached hydrogens (primary N) is 1. The number of rotatable bonds is 4. The van der Waals surface area contributed by atoms with E-state index in [-0.39, 0.29) is 11.9 Å². The van der Waals surface area contributed by atoms with Crippen molar-refractivity contribution >= 4 is 0 Å². The van der Waals surface area contributed by atoms with Gasteiger partial charge in [-0.1, -0.05) is 19.1 Å². The van der Waals surface area contributed by atoms with Gasteiger partial charge in [0.05, 0.1) is 17.9 Å². The molecule has 14 heavy (non-hydrogen) atoms. The average Bonchev–Trinajstić information content (AvgIpc) is 2.18. The van der Waals surface area contributed by atoms with Crippen LogP contribution < -0.4 is 5.73 Å². The Labute approximate surface area is 83.7 Å². The summed E-state index contributed by atoms with van der Waals surface area (Å²) in [6.07, 6.45) is 2.80. The normalized spacial score (nSPS) is 12.5. The van der Waals surface area contributed by atoms with Gasteiger partial charge in [-0.25, -0.2) is 4.39 Å². The monoisotopic (exact) mass is 194 g/mol. The molecular weight excluding hydrogens is 179 g/mol. The van der Waals surface area contributed by atoms with Crippen LogP contribution in [0.1, 0.15) is 31.5 Å². The van der Waals surface area contributed by atoms with Crippen LogP contribution in [-0.2, 0) is 0 Å². The predicted molar refractivity (Wildman–Crippen MR) is 55.2 cm³/mol. The SMILES string of the molecule is C=C(CC)CC(N)c1ccc(F)cn1. The third-order valence-electron chi connectivity index (χ3n) is 2.14. The Balaban J connectivity index is 2.65. The van der Waals surface area contributed by atoms with Crippen LogP contribution >= 0.6 is 0 Å². The van der Waals surface area contributed by atoms with E-state index >= 15 is 0 Å². The van der Waals surface area contributed by atoms with Crippen molar-refractivity contribution in [1.82, 2.24) is 4.98 Å². The van der Waals surface area contributed by atoms with Crippen LogP contribution in [0.15, 0.2) is 30.5 Å². The number of nitrogens with zero attached hydrogens (tertiary/aromatic N) is 1. The zero-order valence-corrected chi connectivity index (χ0v) is 8.33. The zero-order valence-electron chi connectivity index (χ0n) is 8.33. The van der Waals surface area contributed by atoms with Gasteiger partial charge < -0.3 is 5.73 Å². The first-order chi connectivity index (χ1) is 6.63. The van der Waals surface area contributed by atoms with Gasteiger partial charge in [0.1, 0.15) is 5.82 Å². The Morgan fingerprint density at radius 3 is 2.86 bits per heavy atom. The molecule has 0 aliphatic rings. The van der Waals surface area contributed by atoms with Gasteiger partial charge in [-0.05, 0) is 25.0 Å². The lowest BCUT2D eigenvalue weighted by molar-refractivity contribution is 0.610. The molecule has 0 saturated heterocycles. The summed E-state index contributed by atoms with van der Waals surface area (Å²) in [5.41, 5.74) is 7.67.